The highest BCUT2D eigenvalue weighted by Crippen LogP contribution is 2.24. The molecule has 1 aromatic heterocycles. The van der Waals surface area contributed by atoms with E-state index in [1.807, 2.05) is 42.8 Å². The first-order chi connectivity index (χ1) is 9.65. The van der Waals surface area contributed by atoms with Gasteiger partial charge in [0.2, 0.25) is 0 Å². The molecule has 0 spiro atoms. The third-order valence-corrected chi connectivity index (χ3v) is 3.99. The average Bonchev–Trinajstić information content (AvgIpc) is 2.74. The summed E-state index contributed by atoms with van der Waals surface area (Å²) in [6.07, 6.45) is 0. The van der Waals surface area contributed by atoms with Crippen LogP contribution in [0.4, 0.5) is 0 Å². The summed E-state index contributed by atoms with van der Waals surface area (Å²) >= 11 is 3.56. The van der Waals surface area contributed by atoms with Crippen molar-refractivity contribution >= 4 is 15.9 Å². The van der Waals surface area contributed by atoms with Crippen LogP contribution in [0.3, 0.4) is 0 Å². The zero-order valence-electron chi connectivity index (χ0n) is 12.0. The van der Waals surface area contributed by atoms with E-state index in [9.17, 15) is 0 Å². The van der Waals surface area contributed by atoms with Crippen LogP contribution >= 0.6 is 15.9 Å². The Kier molecular flexibility index (Phi) is 5.06. The van der Waals surface area contributed by atoms with Crippen molar-refractivity contribution in [1.29, 1.82) is 0 Å². The number of aryl methyl sites for hydroxylation is 2. The molecule has 0 fully saturated rings. The van der Waals surface area contributed by atoms with E-state index < -0.39 is 0 Å². The Balaban J connectivity index is 2.05. The predicted octanol–water partition coefficient (Wildman–Crippen LogP) is 3.95. The van der Waals surface area contributed by atoms with Gasteiger partial charge in [0.1, 0.15) is 18.1 Å². The molecule has 0 aliphatic carbocycles. The molecule has 0 aliphatic heterocycles. The fourth-order valence-corrected chi connectivity index (χ4v) is 2.36. The van der Waals surface area contributed by atoms with Crippen molar-refractivity contribution in [2.75, 3.05) is 6.61 Å². The summed E-state index contributed by atoms with van der Waals surface area (Å²) < 4.78 is 14.2. The minimum Gasteiger partial charge on any atom is -0.494 e. The first kappa shape index (κ1) is 14.9. The molecule has 4 nitrogen and oxygen atoms in total. The fraction of sp³-hybridized carbons (Fsp3) is 0.400. The number of benzene rings is 1. The van der Waals surface area contributed by atoms with Crippen LogP contribution in [-0.4, -0.2) is 16.4 Å². The van der Waals surface area contributed by atoms with Crippen molar-refractivity contribution in [1.82, 2.24) is 9.78 Å². The Morgan fingerprint density at radius 3 is 2.25 bits per heavy atom. The van der Waals surface area contributed by atoms with Gasteiger partial charge in [-0.1, -0.05) is 0 Å². The first-order valence-electron chi connectivity index (χ1n) is 6.73. The summed E-state index contributed by atoms with van der Waals surface area (Å²) in [4.78, 5) is 0. The van der Waals surface area contributed by atoms with Crippen LogP contribution in [0.2, 0.25) is 0 Å². The standard InChI is InChI=1S/C15H19BrN2O2/c1-4-18-14(15(16)11(3)17-18)10-20-13-8-6-12(7-9-13)19-5-2/h6-9H,4-5,10H2,1-3H3. The number of hydrogen-bond donors (Lipinski definition) is 0. The van der Waals surface area contributed by atoms with Gasteiger partial charge in [0.25, 0.3) is 0 Å². The Labute approximate surface area is 127 Å². The van der Waals surface area contributed by atoms with Crippen LogP contribution in [0.5, 0.6) is 11.5 Å². The first-order valence-corrected chi connectivity index (χ1v) is 7.52. The van der Waals surface area contributed by atoms with Gasteiger partial charge in [-0.2, -0.15) is 5.10 Å². The topological polar surface area (TPSA) is 36.3 Å². The molecule has 108 valence electrons. The van der Waals surface area contributed by atoms with Gasteiger partial charge in [0.15, 0.2) is 0 Å². The summed E-state index contributed by atoms with van der Waals surface area (Å²) in [6.45, 7) is 8.01. The van der Waals surface area contributed by atoms with Gasteiger partial charge < -0.3 is 9.47 Å². The van der Waals surface area contributed by atoms with Gasteiger partial charge in [-0.25, -0.2) is 0 Å². The Morgan fingerprint density at radius 2 is 1.70 bits per heavy atom. The lowest BCUT2D eigenvalue weighted by Crippen LogP contribution is -2.06. The number of rotatable bonds is 6. The smallest absolute Gasteiger partial charge is 0.131 e. The van der Waals surface area contributed by atoms with Crippen LogP contribution < -0.4 is 9.47 Å². The fourth-order valence-electron chi connectivity index (χ4n) is 1.96. The van der Waals surface area contributed by atoms with E-state index in [4.69, 9.17) is 9.47 Å². The highest BCUT2D eigenvalue weighted by Gasteiger charge is 2.12. The minimum absolute atomic E-state index is 0.489. The molecule has 2 aromatic rings. The van der Waals surface area contributed by atoms with Crippen molar-refractivity contribution in [3.05, 3.63) is 40.1 Å². The van der Waals surface area contributed by atoms with E-state index in [0.717, 1.165) is 33.9 Å². The number of hydrogen-bond acceptors (Lipinski definition) is 3. The zero-order valence-corrected chi connectivity index (χ0v) is 13.6. The Bertz CT molecular complexity index is 564. The zero-order chi connectivity index (χ0) is 14.5. The summed E-state index contributed by atoms with van der Waals surface area (Å²) in [7, 11) is 0. The van der Waals surface area contributed by atoms with Gasteiger partial charge in [0, 0.05) is 6.54 Å². The lowest BCUT2D eigenvalue weighted by atomic mass is 10.3. The third kappa shape index (κ3) is 3.33. The molecule has 0 N–H and O–H groups in total. The number of ether oxygens (including phenoxy) is 2. The SMILES string of the molecule is CCOc1ccc(OCc2c(Br)c(C)nn2CC)cc1. The number of nitrogens with zero attached hydrogens (tertiary/aromatic N) is 2. The lowest BCUT2D eigenvalue weighted by Gasteiger charge is -2.09. The summed E-state index contributed by atoms with van der Waals surface area (Å²) in [6, 6.07) is 7.66. The number of aromatic nitrogens is 2. The normalized spacial score (nSPS) is 10.6. The van der Waals surface area contributed by atoms with Crippen LogP contribution in [0, 0.1) is 6.92 Å². The third-order valence-electron chi connectivity index (χ3n) is 2.96. The molecule has 0 atom stereocenters. The van der Waals surface area contributed by atoms with Crippen molar-refractivity contribution in [2.24, 2.45) is 0 Å². The molecule has 2 rings (SSSR count). The van der Waals surface area contributed by atoms with Gasteiger partial charge in [0.05, 0.1) is 22.5 Å². The van der Waals surface area contributed by atoms with Gasteiger partial charge >= 0.3 is 0 Å². The lowest BCUT2D eigenvalue weighted by molar-refractivity contribution is 0.290. The molecule has 5 heteroatoms. The highest BCUT2D eigenvalue weighted by atomic mass is 79.9. The quantitative estimate of drug-likeness (QED) is 0.799. The molecule has 0 aliphatic rings. The van der Waals surface area contributed by atoms with Gasteiger partial charge in [-0.3, -0.25) is 4.68 Å². The maximum atomic E-state index is 5.82. The van der Waals surface area contributed by atoms with Crippen molar-refractivity contribution in [3.8, 4) is 11.5 Å². The van der Waals surface area contributed by atoms with E-state index in [1.165, 1.54) is 0 Å². The summed E-state index contributed by atoms with van der Waals surface area (Å²) in [5.41, 5.74) is 2.04. The summed E-state index contributed by atoms with van der Waals surface area (Å²) in [5, 5.41) is 4.45. The maximum Gasteiger partial charge on any atom is 0.131 e. The van der Waals surface area contributed by atoms with E-state index in [0.29, 0.717) is 13.2 Å². The van der Waals surface area contributed by atoms with Gasteiger partial charge in [-0.05, 0) is 61.0 Å². The van der Waals surface area contributed by atoms with Crippen LogP contribution in [-0.2, 0) is 13.2 Å². The predicted molar refractivity (Wildman–Crippen MR) is 82.3 cm³/mol. The molecular formula is C15H19BrN2O2. The molecular weight excluding hydrogens is 320 g/mol. The molecule has 20 heavy (non-hydrogen) atoms. The second-order valence-electron chi connectivity index (χ2n) is 4.35. The molecule has 1 heterocycles. The molecule has 0 saturated carbocycles. The van der Waals surface area contributed by atoms with Crippen molar-refractivity contribution < 1.29 is 9.47 Å². The van der Waals surface area contributed by atoms with Crippen LogP contribution in [0.25, 0.3) is 0 Å². The second-order valence-corrected chi connectivity index (χ2v) is 5.15. The molecule has 0 amide bonds. The molecule has 0 radical (unpaired) electrons. The minimum atomic E-state index is 0.489. The van der Waals surface area contributed by atoms with E-state index in [1.54, 1.807) is 0 Å². The molecule has 0 bridgehead atoms. The van der Waals surface area contributed by atoms with E-state index in [2.05, 4.69) is 28.0 Å². The molecule has 0 unspecified atom stereocenters. The van der Waals surface area contributed by atoms with Crippen molar-refractivity contribution in [2.45, 2.75) is 33.9 Å². The highest BCUT2D eigenvalue weighted by molar-refractivity contribution is 9.10. The second kappa shape index (κ2) is 6.79. The van der Waals surface area contributed by atoms with Gasteiger partial charge in [-0.15, -0.1) is 0 Å². The Hall–Kier alpha value is -1.49. The van der Waals surface area contributed by atoms with Crippen LogP contribution in [0.15, 0.2) is 28.7 Å². The maximum absolute atomic E-state index is 5.82. The largest absolute Gasteiger partial charge is 0.494 e. The van der Waals surface area contributed by atoms with E-state index in [-0.39, 0.29) is 0 Å². The average molecular weight is 339 g/mol. The molecule has 1 aromatic carbocycles. The van der Waals surface area contributed by atoms with E-state index >= 15 is 0 Å². The number of halogens is 1. The van der Waals surface area contributed by atoms with Crippen LogP contribution in [0.1, 0.15) is 25.2 Å². The monoisotopic (exact) mass is 338 g/mol. The van der Waals surface area contributed by atoms with Crippen molar-refractivity contribution in [3.63, 3.8) is 0 Å². The Morgan fingerprint density at radius 1 is 1.10 bits per heavy atom. The summed E-state index contributed by atoms with van der Waals surface area (Å²) in [5.74, 6) is 1.68. The molecule has 0 saturated heterocycles.